The van der Waals surface area contributed by atoms with Gasteiger partial charge >= 0.3 is 0 Å². The number of likely N-dealkylation sites (tertiary alicyclic amines) is 1. The Morgan fingerprint density at radius 3 is 3.07 bits per heavy atom. The van der Waals surface area contributed by atoms with Crippen LogP contribution in [0.25, 0.3) is 0 Å². The molecule has 2 heterocycles. The summed E-state index contributed by atoms with van der Waals surface area (Å²) in [6.07, 6.45) is 2.48. The first-order chi connectivity index (χ1) is 7.16. The minimum absolute atomic E-state index is 0.206. The molecule has 2 unspecified atom stereocenters. The summed E-state index contributed by atoms with van der Waals surface area (Å²) in [5.74, 6) is 0.241. The normalized spacial score (nSPS) is 27.9. The molecule has 0 radical (unpaired) electrons. The van der Waals surface area contributed by atoms with Gasteiger partial charge < -0.3 is 10.0 Å². The van der Waals surface area contributed by atoms with E-state index in [2.05, 4.69) is 23.0 Å². The number of likely N-dealkylation sites (N-methyl/N-ethyl adjacent to an activating group) is 1. The van der Waals surface area contributed by atoms with Crippen LogP contribution < -0.4 is 0 Å². The molecule has 0 bridgehead atoms. The molecule has 0 aliphatic carbocycles. The van der Waals surface area contributed by atoms with E-state index in [1.807, 2.05) is 19.2 Å². The Morgan fingerprint density at radius 1 is 1.53 bits per heavy atom. The molecule has 15 heavy (non-hydrogen) atoms. The maximum Gasteiger partial charge on any atom is 0.0633 e. The standard InChI is InChI=1S/C12H18N2O/c1-9-7-10(3-5-13-9)11-8-14(2)6-4-12(11)15/h3,5,7,11-12,15H,4,6,8H2,1-2H3. The molecule has 0 saturated carbocycles. The first-order valence-corrected chi connectivity index (χ1v) is 5.46. The molecule has 1 aromatic heterocycles. The number of pyridine rings is 1. The van der Waals surface area contributed by atoms with Crippen LogP contribution in [0.15, 0.2) is 18.3 Å². The summed E-state index contributed by atoms with van der Waals surface area (Å²) in [6, 6.07) is 4.09. The quantitative estimate of drug-likeness (QED) is 0.749. The Bertz CT molecular complexity index is 340. The van der Waals surface area contributed by atoms with E-state index in [0.717, 1.165) is 25.2 Å². The van der Waals surface area contributed by atoms with Crippen LogP contribution in [-0.4, -0.2) is 41.2 Å². The molecule has 3 nitrogen and oxygen atoms in total. The number of aromatic nitrogens is 1. The van der Waals surface area contributed by atoms with Crippen molar-refractivity contribution in [3.8, 4) is 0 Å². The molecular formula is C12H18N2O. The van der Waals surface area contributed by atoms with Gasteiger partial charge in [-0.2, -0.15) is 0 Å². The van der Waals surface area contributed by atoms with Crippen LogP contribution >= 0.6 is 0 Å². The maximum absolute atomic E-state index is 9.98. The van der Waals surface area contributed by atoms with Crippen molar-refractivity contribution in [3.05, 3.63) is 29.6 Å². The molecule has 82 valence electrons. The van der Waals surface area contributed by atoms with Crippen molar-refractivity contribution >= 4 is 0 Å². The zero-order valence-electron chi connectivity index (χ0n) is 9.35. The molecule has 1 aromatic rings. The first kappa shape index (κ1) is 10.6. The minimum atomic E-state index is -0.206. The van der Waals surface area contributed by atoms with Gasteiger partial charge in [0.15, 0.2) is 0 Å². The topological polar surface area (TPSA) is 36.4 Å². The van der Waals surface area contributed by atoms with Crippen molar-refractivity contribution in [1.82, 2.24) is 9.88 Å². The second-order valence-electron chi connectivity index (χ2n) is 4.46. The molecule has 1 aliphatic heterocycles. The van der Waals surface area contributed by atoms with Crippen LogP contribution in [-0.2, 0) is 0 Å². The molecule has 2 atom stereocenters. The molecule has 0 aromatic carbocycles. The van der Waals surface area contributed by atoms with Gasteiger partial charge in [0.1, 0.15) is 0 Å². The number of nitrogens with zero attached hydrogens (tertiary/aromatic N) is 2. The van der Waals surface area contributed by atoms with Crippen LogP contribution in [0.5, 0.6) is 0 Å². The van der Waals surface area contributed by atoms with E-state index in [-0.39, 0.29) is 12.0 Å². The van der Waals surface area contributed by atoms with E-state index in [1.165, 1.54) is 5.56 Å². The maximum atomic E-state index is 9.98. The van der Waals surface area contributed by atoms with E-state index in [1.54, 1.807) is 0 Å². The van der Waals surface area contributed by atoms with Crippen molar-refractivity contribution in [3.63, 3.8) is 0 Å². The molecule has 0 amide bonds. The molecule has 0 spiro atoms. The third-order valence-corrected chi connectivity index (χ3v) is 3.13. The Kier molecular flexibility index (Phi) is 3.03. The van der Waals surface area contributed by atoms with Crippen molar-refractivity contribution in [2.75, 3.05) is 20.1 Å². The number of aliphatic hydroxyl groups is 1. The largest absolute Gasteiger partial charge is 0.392 e. The summed E-state index contributed by atoms with van der Waals surface area (Å²) in [7, 11) is 2.10. The van der Waals surface area contributed by atoms with Crippen LogP contribution in [0.3, 0.4) is 0 Å². The van der Waals surface area contributed by atoms with Crippen molar-refractivity contribution in [2.45, 2.75) is 25.4 Å². The Morgan fingerprint density at radius 2 is 2.33 bits per heavy atom. The molecular weight excluding hydrogens is 188 g/mol. The monoisotopic (exact) mass is 206 g/mol. The van der Waals surface area contributed by atoms with Gasteiger partial charge in [-0.05, 0) is 38.1 Å². The van der Waals surface area contributed by atoms with Crippen LogP contribution in [0.4, 0.5) is 0 Å². The number of hydrogen-bond acceptors (Lipinski definition) is 3. The average molecular weight is 206 g/mol. The number of rotatable bonds is 1. The Balaban J connectivity index is 2.21. The lowest BCUT2D eigenvalue weighted by Gasteiger charge is -2.34. The number of hydrogen-bond donors (Lipinski definition) is 1. The van der Waals surface area contributed by atoms with E-state index < -0.39 is 0 Å². The predicted molar refractivity (Wildman–Crippen MR) is 59.8 cm³/mol. The fourth-order valence-corrected chi connectivity index (χ4v) is 2.23. The lowest BCUT2D eigenvalue weighted by molar-refractivity contribution is 0.0708. The van der Waals surface area contributed by atoms with Gasteiger partial charge in [0, 0.05) is 30.9 Å². The highest BCUT2D eigenvalue weighted by atomic mass is 16.3. The third kappa shape index (κ3) is 2.36. The SMILES string of the molecule is Cc1cc(C2CN(C)CCC2O)ccn1. The molecule has 2 rings (SSSR count). The van der Waals surface area contributed by atoms with Gasteiger partial charge in [0.05, 0.1) is 6.10 Å². The zero-order chi connectivity index (χ0) is 10.8. The summed E-state index contributed by atoms with van der Waals surface area (Å²) < 4.78 is 0. The Labute approximate surface area is 90.8 Å². The van der Waals surface area contributed by atoms with Crippen molar-refractivity contribution < 1.29 is 5.11 Å². The number of aliphatic hydroxyl groups excluding tert-OH is 1. The van der Waals surface area contributed by atoms with Gasteiger partial charge in [-0.3, -0.25) is 4.98 Å². The Hall–Kier alpha value is -0.930. The predicted octanol–water partition coefficient (Wildman–Crippen LogP) is 1.17. The molecule has 1 fully saturated rings. The summed E-state index contributed by atoms with van der Waals surface area (Å²) in [5, 5.41) is 9.98. The highest BCUT2D eigenvalue weighted by Gasteiger charge is 2.27. The molecule has 1 saturated heterocycles. The van der Waals surface area contributed by atoms with Gasteiger partial charge in [-0.25, -0.2) is 0 Å². The lowest BCUT2D eigenvalue weighted by Crippen LogP contribution is -2.39. The van der Waals surface area contributed by atoms with Crippen molar-refractivity contribution in [1.29, 1.82) is 0 Å². The fourth-order valence-electron chi connectivity index (χ4n) is 2.23. The highest BCUT2D eigenvalue weighted by molar-refractivity contribution is 5.22. The molecule has 1 N–H and O–H groups in total. The average Bonchev–Trinajstić information content (AvgIpc) is 2.22. The number of aryl methyl sites for hydroxylation is 1. The zero-order valence-corrected chi connectivity index (χ0v) is 9.35. The third-order valence-electron chi connectivity index (χ3n) is 3.13. The smallest absolute Gasteiger partial charge is 0.0633 e. The molecule has 1 aliphatic rings. The lowest BCUT2D eigenvalue weighted by atomic mass is 9.88. The summed E-state index contributed by atoms with van der Waals surface area (Å²) in [5.41, 5.74) is 2.23. The van der Waals surface area contributed by atoms with E-state index in [9.17, 15) is 5.11 Å². The summed E-state index contributed by atoms with van der Waals surface area (Å²) in [4.78, 5) is 6.45. The second-order valence-corrected chi connectivity index (χ2v) is 4.46. The van der Waals surface area contributed by atoms with Gasteiger partial charge in [-0.1, -0.05) is 0 Å². The van der Waals surface area contributed by atoms with E-state index in [4.69, 9.17) is 0 Å². The van der Waals surface area contributed by atoms with Gasteiger partial charge in [0.2, 0.25) is 0 Å². The van der Waals surface area contributed by atoms with Gasteiger partial charge in [-0.15, -0.1) is 0 Å². The second kappa shape index (κ2) is 4.29. The van der Waals surface area contributed by atoms with Gasteiger partial charge in [0.25, 0.3) is 0 Å². The van der Waals surface area contributed by atoms with Crippen molar-refractivity contribution in [2.24, 2.45) is 0 Å². The summed E-state index contributed by atoms with van der Waals surface area (Å²) in [6.45, 7) is 3.91. The van der Waals surface area contributed by atoms with Crippen LogP contribution in [0, 0.1) is 6.92 Å². The van der Waals surface area contributed by atoms with Crippen LogP contribution in [0.1, 0.15) is 23.6 Å². The highest BCUT2D eigenvalue weighted by Crippen LogP contribution is 2.26. The van der Waals surface area contributed by atoms with E-state index in [0.29, 0.717) is 0 Å². The number of piperidine rings is 1. The fraction of sp³-hybridized carbons (Fsp3) is 0.583. The first-order valence-electron chi connectivity index (χ1n) is 5.46. The minimum Gasteiger partial charge on any atom is -0.392 e. The molecule has 3 heteroatoms. The van der Waals surface area contributed by atoms with Crippen LogP contribution in [0.2, 0.25) is 0 Å². The summed E-state index contributed by atoms with van der Waals surface area (Å²) >= 11 is 0. The van der Waals surface area contributed by atoms with E-state index >= 15 is 0 Å².